The molecule has 14 heteroatoms. The third-order valence-electron chi connectivity index (χ3n) is 10.6. The van der Waals surface area contributed by atoms with Crippen LogP contribution in [0.15, 0.2) is 73.1 Å². The zero-order chi connectivity index (χ0) is 38.9. The lowest BCUT2D eigenvalue weighted by molar-refractivity contribution is -0.357. The number of fused-ring (bicyclic) bond motifs is 4. The Morgan fingerprint density at radius 1 is 0.754 bits per heavy atom. The van der Waals surface area contributed by atoms with Crippen molar-refractivity contribution in [1.29, 1.82) is 10.5 Å². The van der Waals surface area contributed by atoms with E-state index >= 15 is 0 Å². The van der Waals surface area contributed by atoms with E-state index in [9.17, 15) is 14.9 Å². The van der Waals surface area contributed by atoms with Gasteiger partial charge in [0.1, 0.15) is 17.5 Å². The molecule has 2 aliphatic heterocycles. The number of hydrogen-bond donors (Lipinski definition) is 2. The first-order chi connectivity index (χ1) is 26.7. The quantitative estimate of drug-likeness (QED) is 0.298. The van der Waals surface area contributed by atoms with Crippen LogP contribution >= 0.6 is 34.8 Å². The molecule has 10 nitrogen and oxygen atoms in total. The van der Waals surface area contributed by atoms with E-state index < -0.39 is 0 Å². The van der Waals surface area contributed by atoms with E-state index in [2.05, 4.69) is 45.3 Å². The molecule has 300 valence electrons. The lowest BCUT2D eigenvalue weighted by Crippen LogP contribution is -3.00. The number of aromatic nitrogens is 2. The van der Waals surface area contributed by atoms with Crippen molar-refractivity contribution < 1.29 is 27.7 Å². The van der Waals surface area contributed by atoms with Crippen LogP contribution in [-0.2, 0) is 35.3 Å². The van der Waals surface area contributed by atoms with Crippen LogP contribution in [0.2, 0.25) is 10.0 Å². The zero-order valence-electron chi connectivity index (χ0n) is 30.9. The molecule has 57 heavy (non-hydrogen) atoms. The highest BCUT2D eigenvalue weighted by Crippen LogP contribution is 2.37. The fraction of sp³-hybridized carbons (Fsp3) is 0.395. The summed E-state index contributed by atoms with van der Waals surface area (Å²) in [6, 6.07) is 23.6. The van der Waals surface area contributed by atoms with E-state index in [1.54, 1.807) is 22.2 Å². The monoisotopic (exact) mass is 848 g/mol. The Hall–Kier alpha value is -4.26. The lowest BCUT2D eigenvalue weighted by Gasteiger charge is -2.24. The van der Waals surface area contributed by atoms with E-state index in [1.165, 1.54) is 22.3 Å². The molecule has 2 unspecified atom stereocenters. The van der Waals surface area contributed by atoms with Gasteiger partial charge in [-0.1, -0.05) is 54.9 Å². The van der Waals surface area contributed by atoms with E-state index in [0.29, 0.717) is 6.54 Å². The summed E-state index contributed by atoms with van der Waals surface area (Å²) in [5, 5.41) is 22.6. The Morgan fingerprint density at radius 2 is 1.25 bits per heavy atom. The van der Waals surface area contributed by atoms with Crippen LogP contribution in [0.5, 0.6) is 0 Å². The molecule has 2 fully saturated rings. The summed E-state index contributed by atoms with van der Waals surface area (Å²) >= 11 is 18.8. The first-order valence-corrected chi connectivity index (χ1v) is 19.9. The number of nitriles is 2. The summed E-state index contributed by atoms with van der Waals surface area (Å²) in [6.07, 6.45) is 10.7. The van der Waals surface area contributed by atoms with Crippen LogP contribution in [0.25, 0.3) is 0 Å². The number of nitrogens with zero attached hydrogens (tertiary/aromatic N) is 6. The van der Waals surface area contributed by atoms with Crippen LogP contribution in [0.3, 0.4) is 0 Å². The van der Waals surface area contributed by atoms with Crippen LogP contribution in [-0.4, -0.2) is 69.8 Å². The average molecular weight is 851 g/mol. The minimum absolute atomic E-state index is 0. The second-order valence-electron chi connectivity index (χ2n) is 14.0. The second-order valence-corrected chi connectivity index (χ2v) is 15.3. The summed E-state index contributed by atoms with van der Waals surface area (Å²) in [5.74, 6) is -0.0367. The van der Waals surface area contributed by atoms with Crippen molar-refractivity contribution in [1.82, 2.24) is 25.1 Å². The summed E-state index contributed by atoms with van der Waals surface area (Å²) in [7, 11) is 0. The number of quaternary nitrogens is 1. The van der Waals surface area contributed by atoms with Crippen molar-refractivity contribution in [3.05, 3.63) is 128 Å². The highest BCUT2D eigenvalue weighted by Gasteiger charge is 2.31. The molecule has 8 rings (SSSR count). The predicted octanol–water partition coefficient (Wildman–Crippen LogP) is 3.57. The average Bonchev–Trinajstić information content (AvgIpc) is 3.84. The number of pyridine rings is 2. The maximum Gasteiger partial charge on any atom is 0.278 e. The second kappa shape index (κ2) is 21.5. The molecule has 0 radical (unpaired) electrons. The van der Waals surface area contributed by atoms with E-state index in [0.717, 1.165) is 90.5 Å². The van der Waals surface area contributed by atoms with Gasteiger partial charge in [-0.2, -0.15) is 10.5 Å². The maximum absolute atomic E-state index is 12.7. The Kier molecular flexibility index (Phi) is 17.1. The predicted molar refractivity (Wildman–Crippen MR) is 219 cm³/mol. The third kappa shape index (κ3) is 10.8. The smallest absolute Gasteiger partial charge is 0.278 e. The van der Waals surface area contributed by atoms with Crippen molar-refractivity contribution >= 4 is 46.6 Å². The number of benzene rings is 2. The van der Waals surface area contributed by atoms with Gasteiger partial charge in [0.2, 0.25) is 5.91 Å². The molecule has 2 saturated heterocycles. The van der Waals surface area contributed by atoms with Gasteiger partial charge in [0.05, 0.1) is 36.1 Å². The third-order valence-corrected chi connectivity index (χ3v) is 11.5. The van der Waals surface area contributed by atoms with Gasteiger partial charge in [0.25, 0.3) is 5.91 Å². The molecule has 2 amide bonds. The molecule has 4 heterocycles. The number of halogens is 4. The summed E-state index contributed by atoms with van der Waals surface area (Å²) in [6.45, 7) is 1.83. The molecule has 2 aliphatic carbocycles. The van der Waals surface area contributed by atoms with Crippen LogP contribution in [0, 0.1) is 22.7 Å². The molecule has 4 N–H and O–H groups in total. The Labute approximate surface area is 356 Å². The number of carbonyl (C=O) groups excluding carboxylic acids is 2. The molecule has 4 aromatic rings. The normalized spacial score (nSPS) is 19.9. The van der Waals surface area contributed by atoms with Gasteiger partial charge in [-0.05, 0) is 121 Å². The van der Waals surface area contributed by atoms with E-state index in [-0.39, 0.29) is 68.2 Å². The lowest BCUT2D eigenvalue weighted by atomic mass is 9.98. The Balaban J connectivity index is 0.000000206. The molecule has 2 aromatic carbocycles. The van der Waals surface area contributed by atoms with Gasteiger partial charge in [-0.15, -0.1) is 11.6 Å². The summed E-state index contributed by atoms with van der Waals surface area (Å²) < 4.78 is 0. The standard InChI is InChI=1S/C21H21ClN4O.C14H11Cl2N.C7H11N3O.CH4.ClH/c22-16-7-8-18-15(11-16)6-5-14-3-1-9-24-20(14)21(18)25-13-19(27)26-10-2-4-17(26)12-23;15-11-5-6-12-10(8-11)4-3-9-2-1-7-17-14(9)13(12)16;8-4-6-2-1-3-10(6)7(11)5-9;;/h1,3,7-9,11,17,21,25H,2,4-6,10,13H2;1-2,5-8,13H,3-4H2;6H,1-3,5,9H2;1H4;1H/t17-,21?;;6-;;/m0.0../s1. The minimum atomic E-state index is -0.301. The molecule has 0 saturated carbocycles. The number of carbonyl (C=O) groups is 2. The van der Waals surface area contributed by atoms with Crippen molar-refractivity contribution in [2.24, 2.45) is 0 Å². The maximum atomic E-state index is 12.7. The van der Waals surface area contributed by atoms with E-state index in [1.807, 2.05) is 48.5 Å². The summed E-state index contributed by atoms with van der Waals surface area (Å²) in [5.41, 5.74) is 12.5. The topological polar surface area (TPSA) is 154 Å². The van der Waals surface area contributed by atoms with Crippen molar-refractivity contribution in [3.8, 4) is 12.1 Å². The number of amides is 2. The fourth-order valence-electron chi connectivity index (χ4n) is 7.80. The van der Waals surface area contributed by atoms with Gasteiger partial charge in [0.15, 0.2) is 6.54 Å². The van der Waals surface area contributed by atoms with Gasteiger partial charge >= 0.3 is 0 Å². The van der Waals surface area contributed by atoms with Crippen molar-refractivity contribution in [2.75, 3.05) is 26.2 Å². The van der Waals surface area contributed by atoms with Gasteiger partial charge in [0, 0.05) is 35.5 Å². The fourth-order valence-corrected chi connectivity index (χ4v) is 8.60. The number of aryl methyl sites for hydroxylation is 4. The molecule has 4 atom stereocenters. The van der Waals surface area contributed by atoms with Crippen LogP contribution in [0.1, 0.15) is 89.3 Å². The molecule has 2 aromatic heterocycles. The van der Waals surface area contributed by atoms with Gasteiger partial charge in [-0.3, -0.25) is 24.9 Å². The molecule has 0 spiro atoms. The minimum Gasteiger partial charge on any atom is -1.00 e. The number of rotatable bonds is 4. The Bertz CT molecular complexity index is 2100. The summed E-state index contributed by atoms with van der Waals surface area (Å²) in [4.78, 5) is 36.1. The highest BCUT2D eigenvalue weighted by molar-refractivity contribution is 6.31. The Morgan fingerprint density at radius 3 is 1.81 bits per heavy atom. The first-order valence-electron chi connectivity index (χ1n) is 18.7. The van der Waals surface area contributed by atoms with Crippen molar-refractivity contribution in [2.45, 2.75) is 82.3 Å². The molecule has 4 aliphatic rings. The number of alkyl halides is 1. The zero-order valence-corrected chi connectivity index (χ0v) is 34.0. The molecular weight excluding hydrogens is 802 g/mol. The van der Waals surface area contributed by atoms with Crippen molar-refractivity contribution in [3.63, 3.8) is 0 Å². The number of hydrogen-bond acceptors (Lipinski definition) is 7. The van der Waals surface area contributed by atoms with Gasteiger partial charge < -0.3 is 27.9 Å². The highest BCUT2D eigenvalue weighted by atomic mass is 35.5. The first kappa shape index (κ1) is 45.4. The SMILES string of the molecule is C.Clc1ccc2c(c1)CCc1cccnc1C2Cl.N#C[C@@H]1CCCN1C(=O)CNC1c2ccc(Cl)cc2CCc2cccnc21.N#C[C@@H]1CCCN1C(=O)C[NH3+].[Cl-]. The van der Waals surface area contributed by atoms with E-state index in [4.69, 9.17) is 40.1 Å². The van der Waals surface area contributed by atoms with Crippen LogP contribution in [0.4, 0.5) is 0 Å². The largest absolute Gasteiger partial charge is 1.00 e. The van der Waals surface area contributed by atoms with Gasteiger partial charge in [-0.25, -0.2) is 0 Å². The number of likely N-dealkylation sites (tertiary alicyclic amines) is 2. The molecule has 0 bridgehead atoms. The van der Waals surface area contributed by atoms with Crippen LogP contribution < -0.4 is 23.5 Å². The number of nitrogens with one attached hydrogen (secondary N) is 1. The molecular formula is C43H48Cl4N8O2.